The Bertz CT molecular complexity index is 1010. The summed E-state index contributed by atoms with van der Waals surface area (Å²) in [5.41, 5.74) is 3.19. The van der Waals surface area contributed by atoms with Gasteiger partial charge in [0.25, 0.3) is 5.91 Å². The van der Waals surface area contributed by atoms with Gasteiger partial charge in [-0.3, -0.25) is 4.79 Å². The molecule has 0 saturated carbocycles. The number of aryl methyl sites for hydroxylation is 1. The van der Waals surface area contributed by atoms with E-state index in [2.05, 4.69) is 10.5 Å². The summed E-state index contributed by atoms with van der Waals surface area (Å²) in [6, 6.07) is 8.83. The summed E-state index contributed by atoms with van der Waals surface area (Å²) in [6.45, 7) is -0.0143. The molecule has 0 atom stereocenters. The van der Waals surface area contributed by atoms with Crippen LogP contribution < -0.4 is 10.1 Å². The van der Waals surface area contributed by atoms with Crippen LogP contribution >= 0.6 is 0 Å². The fourth-order valence-corrected chi connectivity index (χ4v) is 3.28. The summed E-state index contributed by atoms with van der Waals surface area (Å²) in [5.74, 6) is -0.586. The predicted molar refractivity (Wildman–Crippen MR) is 93.4 cm³/mol. The van der Waals surface area contributed by atoms with Gasteiger partial charge in [-0.25, -0.2) is 8.78 Å². The smallest absolute Gasteiger partial charge is 0.274 e. The maximum Gasteiger partial charge on any atom is 0.274 e. The summed E-state index contributed by atoms with van der Waals surface area (Å²) in [5, 5.41) is 6.56. The van der Waals surface area contributed by atoms with Crippen LogP contribution in [0.5, 0.6) is 5.75 Å². The molecule has 138 valence electrons. The molecule has 1 N–H and O–H groups in total. The molecule has 0 unspecified atom stereocenters. The van der Waals surface area contributed by atoms with Gasteiger partial charge in [-0.05, 0) is 48.2 Å². The van der Waals surface area contributed by atoms with Crippen molar-refractivity contribution in [2.75, 3.05) is 7.11 Å². The lowest BCUT2D eigenvalue weighted by Crippen LogP contribution is -2.24. The Balaban J connectivity index is 1.57. The molecule has 7 heteroatoms. The number of nitrogens with one attached hydrogen (secondary N) is 1. The average molecular weight is 370 g/mol. The molecule has 2 aromatic carbocycles. The van der Waals surface area contributed by atoms with E-state index in [0.717, 1.165) is 29.2 Å². The molecule has 1 aromatic heterocycles. The van der Waals surface area contributed by atoms with E-state index >= 15 is 0 Å². The van der Waals surface area contributed by atoms with Gasteiger partial charge in [-0.15, -0.1) is 0 Å². The van der Waals surface area contributed by atoms with Crippen LogP contribution in [0.2, 0.25) is 0 Å². The molecule has 1 heterocycles. The number of carbonyl (C=O) groups is 1. The molecule has 4 rings (SSSR count). The zero-order valence-corrected chi connectivity index (χ0v) is 14.5. The van der Waals surface area contributed by atoms with Gasteiger partial charge in [0.1, 0.15) is 17.4 Å². The van der Waals surface area contributed by atoms with E-state index in [1.807, 2.05) is 18.2 Å². The molecule has 0 aliphatic heterocycles. The highest BCUT2D eigenvalue weighted by Crippen LogP contribution is 2.37. The number of methoxy groups -OCH3 is 1. The van der Waals surface area contributed by atoms with Gasteiger partial charge in [0, 0.05) is 23.7 Å². The van der Waals surface area contributed by atoms with Crippen LogP contribution in [0.1, 0.15) is 27.2 Å². The molecule has 0 radical (unpaired) electrons. The third-order valence-corrected chi connectivity index (χ3v) is 4.58. The molecule has 1 amide bonds. The number of hydrogen-bond acceptors (Lipinski definition) is 4. The van der Waals surface area contributed by atoms with E-state index in [1.54, 1.807) is 7.11 Å². The number of nitrogens with zero attached hydrogens (tertiary/aromatic N) is 1. The SMILES string of the molecule is COc1ccc2c(c1)-c1onc(C(=O)NCc3cc(F)cc(F)c3)c1CC2. The fraction of sp³-hybridized carbons (Fsp3) is 0.200. The number of benzene rings is 2. The minimum atomic E-state index is -0.691. The van der Waals surface area contributed by atoms with Crippen molar-refractivity contribution in [3.05, 3.63) is 70.4 Å². The van der Waals surface area contributed by atoms with E-state index in [4.69, 9.17) is 9.26 Å². The van der Waals surface area contributed by atoms with Crippen molar-refractivity contribution in [2.24, 2.45) is 0 Å². The van der Waals surface area contributed by atoms with E-state index in [-0.39, 0.29) is 12.2 Å². The number of carbonyl (C=O) groups excluding carboxylic acids is 1. The van der Waals surface area contributed by atoms with Crippen LogP contribution in [0, 0.1) is 11.6 Å². The van der Waals surface area contributed by atoms with Crippen LogP contribution in [0.3, 0.4) is 0 Å². The minimum absolute atomic E-state index is 0.0143. The van der Waals surface area contributed by atoms with E-state index in [0.29, 0.717) is 23.5 Å². The fourth-order valence-electron chi connectivity index (χ4n) is 3.28. The lowest BCUT2D eigenvalue weighted by atomic mass is 9.89. The number of ether oxygens (including phenoxy) is 1. The molecule has 3 aromatic rings. The van der Waals surface area contributed by atoms with Gasteiger partial charge in [0.15, 0.2) is 11.5 Å². The van der Waals surface area contributed by atoms with Gasteiger partial charge in [-0.1, -0.05) is 11.2 Å². The Morgan fingerprint density at radius 3 is 2.70 bits per heavy atom. The second-order valence-corrected chi connectivity index (χ2v) is 6.32. The molecule has 0 bridgehead atoms. The van der Waals surface area contributed by atoms with E-state index in [1.165, 1.54) is 12.1 Å². The third kappa shape index (κ3) is 3.28. The van der Waals surface area contributed by atoms with E-state index < -0.39 is 17.5 Å². The van der Waals surface area contributed by atoms with Crippen molar-refractivity contribution in [1.82, 2.24) is 10.5 Å². The number of aromatic nitrogens is 1. The molecule has 0 fully saturated rings. The van der Waals surface area contributed by atoms with Crippen LogP contribution in [0.25, 0.3) is 11.3 Å². The molecule has 1 aliphatic rings. The first-order valence-corrected chi connectivity index (χ1v) is 8.44. The maximum absolute atomic E-state index is 13.3. The first-order valence-electron chi connectivity index (χ1n) is 8.44. The van der Waals surface area contributed by atoms with Crippen LogP contribution in [0.15, 0.2) is 40.9 Å². The number of amides is 1. The molecule has 1 aliphatic carbocycles. The number of rotatable bonds is 4. The predicted octanol–water partition coefficient (Wildman–Crippen LogP) is 3.66. The van der Waals surface area contributed by atoms with Crippen LogP contribution in [0.4, 0.5) is 8.78 Å². The molecule has 0 spiro atoms. The average Bonchev–Trinajstić information content (AvgIpc) is 3.09. The number of hydrogen-bond donors (Lipinski definition) is 1. The van der Waals surface area contributed by atoms with Crippen molar-refractivity contribution >= 4 is 5.91 Å². The normalized spacial score (nSPS) is 12.3. The van der Waals surface area contributed by atoms with E-state index in [9.17, 15) is 13.6 Å². The number of fused-ring (bicyclic) bond motifs is 3. The van der Waals surface area contributed by atoms with Gasteiger partial charge >= 0.3 is 0 Å². The Labute approximate surface area is 153 Å². The van der Waals surface area contributed by atoms with Crippen LogP contribution in [-0.4, -0.2) is 18.2 Å². The summed E-state index contributed by atoms with van der Waals surface area (Å²) < 4.78 is 37.2. The largest absolute Gasteiger partial charge is 0.497 e. The Morgan fingerprint density at radius 1 is 1.19 bits per heavy atom. The minimum Gasteiger partial charge on any atom is -0.497 e. The zero-order chi connectivity index (χ0) is 19.0. The highest BCUT2D eigenvalue weighted by atomic mass is 19.1. The highest BCUT2D eigenvalue weighted by Gasteiger charge is 2.27. The van der Waals surface area contributed by atoms with Gasteiger partial charge < -0.3 is 14.6 Å². The topological polar surface area (TPSA) is 64.4 Å². The second kappa shape index (κ2) is 6.83. The Hall–Kier alpha value is -3.22. The quantitative estimate of drug-likeness (QED) is 0.761. The molecule has 27 heavy (non-hydrogen) atoms. The Kier molecular flexibility index (Phi) is 4.35. The summed E-state index contributed by atoms with van der Waals surface area (Å²) in [7, 11) is 1.58. The summed E-state index contributed by atoms with van der Waals surface area (Å²) in [4.78, 5) is 12.5. The molecular weight excluding hydrogens is 354 g/mol. The standard InChI is InChI=1S/C20H16F2N2O3/c1-26-15-4-2-12-3-5-16-18(24-27-19(16)17(12)9-15)20(25)23-10-11-6-13(21)8-14(22)7-11/h2,4,6-9H,3,5,10H2,1H3,(H,23,25). The molecule has 0 saturated heterocycles. The first kappa shape index (κ1) is 17.2. The van der Waals surface area contributed by atoms with Gasteiger partial charge in [0.2, 0.25) is 0 Å². The third-order valence-electron chi connectivity index (χ3n) is 4.58. The second-order valence-electron chi connectivity index (χ2n) is 6.32. The van der Waals surface area contributed by atoms with Crippen molar-refractivity contribution in [3.63, 3.8) is 0 Å². The van der Waals surface area contributed by atoms with Crippen molar-refractivity contribution < 1.29 is 22.8 Å². The van der Waals surface area contributed by atoms with Gasteiger partial charge in [-0.2, -0.15) is 0 Å². The van der Waals surface area contributed by atoms with Gasteiger partial charge in [0.05, 0.1) is 7.11 Å². The van der Waals surface area contributed by atoms with Crippen LogP contribution in [-0.2, 0) is 19.4 Å². The molecule has 5 nitrogen and oxygen atoms in total. The Morgan fingerprint density at radius 2 is 1.96 bits per heavy atom. The molecular formula is C20H16F2N2O3. The van der Waals surface area contributed by atoms with Crippen molar-refractivity contribution in [1.29, 1.82) is 0 Å². The maximum atomic E-state index is 13.3. The monoisotopic (exact) mass is 370 g/mol. The number of halogens is 2. The van der Waals surface area contributed by atoms with Crippen molar-refractivity contribution in [3.8, 4) is 17.1 Å². The lowest BCUT2D eigenvalue weighted by molar-refractivity contribution is 0.0941. The zero-order valence-electron chi connectivity index (χ0n) is 14.5. The highest BCUT2D eigenvalue weighted by molar-refractivity contribution is 5.95. The summed E-state index contributed by atoms with van der Waals surface area (Å²) in [6.07, 6.45) is 1.37. The first-order chi connectivity index (χ1) is 13.0. The van der Waals surface area contributed by atoms with Crippen molar-refractivity contribution in [2.45, 2.75) is 19.4 Å². The lowest BCUT2D eigenvalue weighted by Gasteiger charge is -2.15. The summed E-state index contributed by atoms with van der Waals surface area (Å²) >= 11 is 0.